The number of carbonyl (C=O) groups excluding carboxylic acids is 2. The van der Waals surface area contributed by atoms with Crippen LogP contribution in [0.25, 0.3) is 0 Å². The lowest BCUT2D eigenvalue weighted by molar-refractivity contribution is -0.139. The number of esters is 2. The number of hydrogen-bond acceptors (Lipinski definition) is 7. The molecule has 0 radical (unpaired) electrons. The molecule has 0 atom stereocenters. The number of ether oxygens (including phenoxy) is 2. The molecule has 126 valence electrons. The minimum Gasteiger partial charge on any atom is -0.469 e. The molecule has 0 N–H and O–H groups in total. The highest BCUT2D eigenvalue weighted by Crippen LogP contribution is 2.37. The molecule has 1 aromatic rings. The Kier molecular flexibility index (Phi) is 4.89. The Morgan fingerprint density at radius 3 is 2.17 bits per heavy atom. The summed E-state index contributed by atoms with van der Waals surface area (Å²) in [4.78, 5) is 24.5. The van der Waals surface area contributed by atoms with Crippen molar-refractivity contribution in [2.24, 2.45) is 0 Å². The van der Waals surface area contributed by atoms with Crippen LogP contribution in [0.1, 0.15) is 42.2 Å². The van der Waals surface area contributed by atoms with Crippen molar-refractivity contribution in [1.82, 2.24) is 0 Å². The van der Waals surface area contributed by atoms with E-state index in [-0.39, 0.29) is 12.4 Å². The Balaban J connectivity index is 2.38. The largest absolute Gasteiger partial charge is 0.496 e. The Bertz CT molecular complexity index is 605. The van der Waals surface area contributed by atoms with Crippen LogP contribution >= 0.6 is 11.3 Å². The topological polar surface area (TPSA) is 71.1 Å². The first kappa shape index (κ1) is 18.0. The zero-order valence-electron chi connectivity index (χ0n) is 14.2. The lowest BCUT2D eigenvalue weighted by atomic mass is 9.78. The van der Waals surface area contributed by atoms with Crippen molar-refractivity contribution < 1.29 is 28.4 Å². The smallest absolute Gasteiger partial charge is 0.469 e. The molecule has 8 heteroatoms. The second-order valence-electron chi connectivity index (χ2n) is 6.32. The van der Waals surface area contributed by atoms with Crippen LogP contribution in [0.4, 0.5) is 0 Å². The number of methoxy groups -OCH3 is 2. The van der Waals surface area contributed by atoms with E-state index in [1.165, 1.54) is 25.6 Å². The van der Waals surface area contributed by atoms with Gasteiger partial charge in [-0.1, -0.05) is 0 Å². The molecule has 1 aromatic heterocycles. The molecule has 0 aromatic carbocycles. The van der Waals surface area contributed by atoms with Gasteiger partial charge in [-0.15, -0.1) is 11.3 Å². The monoisotopic (exact) mass is 340 g/mol. The van der Waals surface area contributed by atoms with Crippen LogP contribution in [0, 0.1) is 0 Å². The standard InChI is InChI=1S/C15H21BO6S/c1-14(2)15(3,4)22-16(21-14)9-7-11(13(18)20-6)23-10(9)8-12(17)19-5/h7H,8H2,1-6H3. The maximum atomic E-state index is 11.8. The molecule has 0 bridgehead atoms. The van der Waals surface area contributed by atoms with E-state index in [9.17, 15) is 9.59 Å². The number of rotatable bonds is 4. The average molecular weight is 340 g/mol. The summed E-state index contributed by atoms with van der Waals surface area (Å²) in [7, 11) is 2.00. The summed E-state index contributed by atoms with van der Waals surface area (Å²) in [6.45, 7) is 7.78. The highest BCUT2D eigenvalue weighted by Gasteiger charge is 2.52. The van der Waals surface area contributed by atoms with E-state index in [4.69, 9.17) is 18.8 Å². The second-order valence-corrected chi connectivity index (χ2v) is 7.46. The van der Waals surface area contributed by atoms with Gasteiger partial charge in [0, 0.05) is 4.88 Å². The van der Waals surface area contributed by atoms with Gasteiger partial charge in [0.2, 0.25) is 0 Å². The molecule has 1 saturated heterocycles. The predicted octanol–water partition coefficient (Wildman–Crippen LogP) is 1.55. The van der Waals surface area contributed by atoms with Gasteiger partial charge in [-0.3, -0.25) is 4.79 Å². The highest BCUT2D eigenvalue weighted by atomic mass is 32.1. The molecule has 0 spiro atoms. The fourth-order valence-corrected chi connectivity index (χ4v) is 3.24. The van der Waals surface area contributed by atoms with Gasteiger partial charge in [0.05, 0.1) is 31.8 Å². The summed E-state index contributed by atoms with van der Waals surface area (Å²) in [5, 5.41) is 0. The van der Waals surface area contributed by atoms with Crippen LogP contribution < -0.4 is 5.46 Å². The minimum absolute atomic E-state index is 0.0531. The van der Waals surface area contributed by atoms with E-state index in [1.807, 2.05) is 27.7 Å². The second kappa shape index (κ2) is 6.26. The van der Waals surface area contributed by atoms with Crippen LogP contribution in [0.15, 0.2) is 6.07 Å². The van der Waals surface area contributed by atoms with Crippen LogP contribution in [-0.2, 0) is 30.0 Å². The Morgan fingerprint density at radius 2 is 1.70 bits per heavy atom. The van der Waals surface area contributed by atoms with Gasteiger partial charge in [0.1, 0.15) is 4.88 Å². The Morgan fingerprint density at radius 1 is 1.13 bits per heavy atom. The van der Waals surface area contributed by atoms with Crippen molar-refractivity contribution in [3.05, 3.63) is 15.8 Å². The van der Waals surface area contributed by atoms with Gasteiger partial charge in [-0.05, 0) is 39.2 Å². The quantitative estimate of drug-likeness (QED) is 0.612. The summed E-state index contributed by atoms with van der Waals surface area (Å²) in [6.07, 6.45) is 0.0531. The van der Waals surface area contributed by atoms with E-state index in [2.05, 4.69) is 0 Å². The molecule has 1 fully saturated rings. The van der Waals surface area contributed by atoms with Crippen molar-refractivity contribution in [1.29, 1.82) is 0 Å². The molecule has 1 aliphatic rings. The zero-order chi connectivity index (χ0) is 17.4. The maximum Gasteiger partial charge on any atom is 0.496 e. The molecule has 2 rings (SSSR count). The zero-order valence-corrected chi connectivity index (χ0v) is 15.0. The minimum atomic E-state index is -0.644. The fraction of sp³-hybridized carbons (Fsp3) is 0.600. The third kappa shape index (κ3) is 3.44. The van der Waals surface area contributed by atoms with Gasteiger partial charge in [-0.25, -0.2) is 4.79 Å². The predicted molar refractivity (Wildman–Crippen MR) is 87.1 cm³/mol. The molecule has 0 amide bonds. The first-order valence-corrected chi connectivity index (χ1v) is 8.06. The maximum absolute atomic E-state index is 11.8. The molecule has 2 heterocycles. The first-order chi connectivity index (χ1) is 10.6. The van der Waals surface area contributed by atoms with Crippen molar-refractivity contribution >= 4 is 35.9 Å². The molecule has 6 nitrogen and oxygen atoms in total. The summed E-state index contributed by atoms with van der Waals surface area (Å²) < 4.78 is 21.5. The van der Waals surface area contributed by atoms with E-state index in [1.54, 1.807) is 6.07 Å². The molecule has 0 saturated carbocycles. The van der Waals surface area contributed by atoms with E-state index < -0.39 is 24.3 Å². The average Bonchev–Trinajstić information content (AvgIpc) is 2.97. The van der Waals surface area contributed by atoms with Crippen LogP contribution in [0.3, 0.4) is 0 Å². The van der Waals surface area contributed by atoms with Crippen LogP contribution in [0.5, 0.6) is 0 Å². The Labute approximate surface area is 140 Å². The summed E-state index contributed by atoms with van der Waals surface area (Å²) in [5.41, 5.74) is -0.347. The lowest BCUT2D eigenvalue weighted by Crippen LogP contribution is -2.41. The third-order valence-corrected chi connectivity index (χ3v) is 5.40. The van der Waals surface area contributed by atoms with Gasteiger partial charge >= 0.3 is 19.1 Å². The first-order valence-electron chi connectivity index (χ1n) is 7.24. The van der Waals surface area contributed by atoms with Crippen LogP contribution in [0.2, 0.25) is 0 Å². The number of hydrogen-bond donors (Lipinski definition) is 0. The molecule has 23 heavy (non-hydrogen) atoms. The summed E-state index contributed by atoms with van der Waals surface area (Å²) in [5.74, 6) is -0.843. The Hall–Kier alpha value is -1.38. The third-order valence-electron chi connectivity index (χ3n) is 4.27. The van der Waals surface area contributed by atoms with Gasteiger partial charge in [-0.2, -0.15) is 0 Å². The number of carbonyl (C=O) groups is 2. The van der Waals surface area contributed by atoms with Crippen LogP contribution in [-0.4, -0.2) is 44.5 Å². The van der Waals surface area contributed by atoms with Crippen molar-refractivity contribution in [3.8, 4) is 0 Å². The van der Waals surface area contributed by atoms with Crippen molar-refractivity contribution in [3.63, 3.8) is 0 Å². The SMILES string of the molecule is COC(=O)Cc1sc(C(=O)OC)cc1B1OC(C)(C)C(C)(C)O1. The summed E-state index contributed by atoms with van der Waals surface area (Å²) >= 11 is 1.19. The molecular weight excluding hydrogens is 319 g/mol. The van der Waals surface area contributed by atoms with Gasteiger partial charge < -0.3 is 18.8 Å². The van der Waals surface area contributed by atoms with E-state index in [0.717, 1.165) is 0 Å². The molecule has 0 aliphatic carbocycles. The van der Waals surface area contributed by atoms with E-state index in [0.29, 0.717) is 15.2 Å². The highest BCUT2D eigenvalue weighted by molar-refractivity contribution is 7.15. The normalized spacial score (nSPS) is 18.8. The van der Waals surface area contributed by atoms with E-state index >= 15 is 0 Å². The van der Waals surface area contributed by atoms with Crippen molar-refractivity contribution in [2.75, 3.05) is 14.2 Å². The fourth-order valence-electron chi connectivity index (χ4n) is 2.15. The molecule has 0 unspecified atom stereocenters. The lowest BCUT2D eigenvalue weighted by Gasteiger charge is -2.32. The summed E-state index contributed by atoms with van der Waals surface area (Å²) in [6, 6.07) is 1.66. The van der Waals surface area contributed by atoms with Gasteiger partial charge in [0.15, 0.2) is 0 Å². The molecule has 1 aliphatic heterocycles. The molecular formula is C15H21BO6S. The van der Waals surface area contributed by atoms with Gasteiger partial charge in [0.25, 0.3) is 0 Å². The van der Waals surface area contributed by atoms with Crippen molar-refractivity contribution in [2.45, 2.75) is 45.3 Å². The number of thiophene rings is 1.